The molecule has 2 unspecified atom stereocenters. The number of anilines is 1. The molecule has 1 fully saturated rings. The molecule has 1 saturated heterocycles. The van der Waals surface area contributed by atoms with Crippen LogP contribution in [0.5, 0.6) is 0 Å². The Hall–Kier alpha value is -3.42. The number of benzene rings is 1. The number of likely N-dealkylation sites (tertiary alicyclic amines) is 1. The molecule has 3 aliphatic rings. The number of nitriles is 1. The predicted octanol–water partition coefficient (Wildman–Crippen LogP) is 5.13. The van der Waals surface area contributed by atoms with Crippen LogP contribution in [0.2, 0.25) is 0 Å². The second-order valence-corrected chi connectivity index (χ2v) is 10.2. The molecule has 0 spiro atoms. The molecule has 2 atom stereocenters. The van der Waals surface area contributed by atoms with Gasteiger partial charge in [0, 0.05) is 47.2 Å². The minimum absolute atomic E-state index is 0.200. The van der Waals surface area contributed by atoms with Crippen LogP contribution in [0.3, 0.4) is 0 Å². The van der Waals surface area contributed by atoms with Gasteiger partial charge in [0.1, 0.15) is 0 Å². The van der Waals surface area contributed by atoms with E-state index in [2.05, 4.69) is 82.5 Å². The van der Waals surface area contributed by atoms with Crippen molar-refractivity contribution in [3.8, 4) is 6.07 Å². The van der Waals surface area contributed by atoms with Gasteiger partial charge in [0.15, 0.2) is 0 Å². The van der Waals surface area contributed by atoms with E-state index < -0.39 is 0 Å². The smallest absolute Gasteiger partial charge is 0.0991 e. The number of allylic oxidation sites excluding steroid dienone is 6. The summed E-state index contributed by atoms with van der Waals surface area (Å²) in [4.78, 5) is 7.06. The Labute approximate surface area is 227 Å². The Balaban J connectivity index is 1.44. The molecular weight excluding hydrogens is 468 g/mol. The monoisotopic (exact) mass is 508 g/mol. The fraction of sp³-hybridized carbons (Fsp3) is 0.424. The van der Waals surface area contributed by atoms with E-state index in [0.29, 0.717) is 19.4 Å². The van der Waals surface area contributed by atoms with Gasteiger partial charge in [-0.05, 0) is 93.7 Å². The maximum absolute atomic E-state index is 9.43. The van der Waals surface area contributed by atoms with Crippen LogP contribution in [0.4, 0.5) is 5.69 Å². The fourth-order valence-corrected chi connectivity index (χ4v) is 5.34. The van der Waals surface area contributed by atoms with Crippen LogP contribution in [-0.2, 0) is 4.74 Å². The van der Waals surface area contributed by atoms with E-state index in [1.54, 1.807) is 0 Å². The highest BCUT2D eigenvalue weighted by Gasteiger charge is 2.21. The number of hydrogen-bond donors (Lipinski definition) is 1. The Bertz CT molecular complexity index is 1330. The van der Waals surface area contributed by atoms with Crippen molar-refractivity contribution in [2.45, 2.75) is 64.5 Å². The molecule has 2 heterocycles. The highest BCUT2D eigenvalue weighted by Crippen LogP contribution is 2.27. The zero-order valence-corrected chi connectivity index (χ0v) is 23.0. The number of piperidine rings is 1. The first-order chi connectivity index (χ1) is 18.6. The molecule has 5 heteroatoms. The van der Waals surface area contributed by atoms with Crippen molar-refractivity contribution >= 4 is 23.6 Å². The van der Waals surface area contributed by atoms with E-state index in [1.165, 1.54) is 21.7 Å². The van der Waals surface area contributed by atoms with E-state index in [-0.39, 0.29) is 12.0 Å². The number of nitrogens with one attached hydrogen (secondary N) is 1. The third-order valence-electron chi connectivity index (χ3n) is 7.36. The molecule has 4 rings (SSSR count). The number of rotatable bonds is 8. The average Bonchev–Trinajstić information content (AvgIpc) is 2.94. The summed E-state index contributed by atoms with van der Waals surface area (Å²) in [5.74, 6) is 0.200. The molecular formula is C33H40N4O. The third-order valence-corrected chi connectivity index (χ3v) is 7.36. The molecule has 5 nitrogen and oxygen atoms in total. The summed E-state index contributed by atoms with van der Waals surface area (Å²) in [6.45, 7) is 9.50. The molecule has 0 amide bonds. The molecule has 1 N–H and O–H groups in total. The van der Waals surface area contributed by atoms with E-state index >= 15 is 0 Å². The third kappa shape index (κ3) is 7.55. The lowest BCUT2D eigenvalue weighted by atomic mass is 9.88. The summed E-state index contributed by atoms with van der Waals surface area (Å²) in [5.41, 5.74) is 7.40. The van der Waals surface area contributed by atoms with Crippen LogP contribution in [0, 0.1) is 11.3 Å². The topological polar surface area (TPSA) is 60.7 Å². The molecule has 1 aromatic rings. The van der Waals surface area contributed by atoms with Crippen molar-refractivity contribution in [2.75, 3.05) is 31.7 Å². The first kappa shape index (κ1) is 27.6. The van der Waals surface area contributed by atoms with Crippen LogP contribution in [0.25, 0.3) is 12.2 Å². The summed E-state index contributed by atoms with van der Waals surface area (Å²) in [5, 5.41) is 15.7. The highest BCUT2D eigenvalue weighted by molar-refractivity contribution is 5.93. The van der Waals surface area contributed by atoms with Gasteiger partial charge in [0.25, 0.3) is 0 Å². The molecule has 38 heavy (non-hydrogen) atoms. The molecule has 0 saturated carbocycles. The molecule has 2 aliphatic heterocycles. The van der Waals surface area contributed by atoms with Crippen molar-refractivity contribution in [1.82, 2.24) is 4.90 Å². The van der Waals surface area contributed by atoms with Crippen LogP contribution < -0.4 is 15.8 Å². The molecule has 1 aromatic carbocycles. The number of dihydropyridines is 1. The van der Waals surface area contributed by atoms with Gasteiger partial charge < -0.3 is 10.1 Å². The molecule has 198 valence electrons. The Morgan fingerprint density at radius 1 is 1.16 bits per heavy atom. The fourth-order valence-electron chi connectivity index (χ4n) is 5.34. The SMILES string of the molecule is CC=C=C/C=c1/cc(C2C=C(C#N)C=CC2)cc(NC2CCN(COCC3CC=CC(C)=N3)CC2)/c1=C/C. The Kier molecular flexibility index (Phi) is 10.1. The second-order valence-electron chi connectivity index (χ2n) is 10.2. The van der Waals surface area contributed by atoms with Gasteiger partial charge in [-0.1, -0.05) is 30.4 Å². The normalized spacial score (nSPS) is 22.9. The lowest BCUT2D eigenvalue weighted by molar-refractivity contribution is 0.0121. The molecule has 0 radical (unpaired) electrons. The molecule has 0 bridgehead atoms. The zero-order valence-electron chi connectivity index (χ0n) is 23.0. The summed E-state index contributed by atoms with van der Waals surface area (Å²) < 4.78 is 6.02. The van der Waals surface area contributed by atoms with Gasteiger partial charge in [-0.3, -0.25) is 9.89 Å². The maximum Gasteiger partial charge on any atom is 0.0991 e. The van der Waals surface area contributed by atoms with Crippen molar-refractivity contribution in [2.24, 2.45) is 4.99 Å². The Morgan fingerprint density at radius 3 is 2.71 bits per heavy atom. The van der Waals surface area contributed by atoms with E-state index in [9.17, 15) is 5.26 Å². The number of nitrogens with zero attached hydrogens (tertiary/aromatic N) is 3. The lowest BCUT2D eigenvalue weighted by Crippen LogP contribution is -2.42. The van der Waals surface area contributed by atoms with E-state index in [0.717, 1.165) is 50.1 Å². The summed E-state index contributed by atoms with van der Waals surface area (Å²) >= 11 is 0. The summed E-state index contributed by atoms with van der Waals surface area (Å²) in [6.07, 6.45) is 22.6. The van der Waals surface area contributed by atoms with Crippen LogP contribution >= 0.6 is 0 Å². The highest BCUT2D eigenvalue weighted by atomic mass is 16.5. The van der Waals surface area contributed by atoms with Gasteiger partial charge in [-0.25, -0.2) is 0 Å². The van der Waals surface area contributed by atoms with Gasteiger partial charge in [0.2, 0.25) is 0 Å². The Morgan fingerprint density at radius 2 is 1.97 bits per heavy atom. The lowest BCUT2D eigenvalue weighted by Gasteiger charge is -2.33. The van der Waals surface area contributed by atoms with Crippen molar-refractivity contribution in [3.63, 3.8) is 0 Å². The predicted molar refractivity (Wildman–Crippen MR) is 159 cm³/mol. The zero-order chi connectivity index (χ0) is 26.7. The number of ether oxygens (including phenoxy) is 1. The maximum atomic E-state index is 9.43. The standard InChI is InChI=1S/C33H40N4O/c1-4-6-7-12-28-20-29(27-13-9-11-26(19-27)22-34)21-33(32(28)5-2)36-30-15-17-37(18-16-30)24-38-23-31-14-8-10-25(3)35-31/h4-5,7-12,19-21,27,30-31,36H,13-18,23-24H2,1-3H3/b28-12-,32-5+. The van der Waals surface area contributed by atoms with Gasteiger partial charge in [-0.15, -0.1) is 5.73 Å². The van der Waals surface area contributed by atoms with Gasteiger partial charge in [-0.2, -0.15) is 5.26 Å². The van der Waals surface area contributed by atoms with Crippen LogP contribution in [0.1, 0.15) is 57.9 Å². The largest absolute Gasteiger partial charge is 0.382 e. The van der Waals surface area contributed by atoms with Gasteiger partial charge >= 0.3 is 0 Å². The second kappa shape index (κ2) is 13.9. The minimum atomic E-state index is 0.200. The average molecular weight is 509 g/mol. The number of aliphatic imine (C=N–C) groups is 1. The van der Waals surface area contributed by atoms with Crippen LogP contribution in [0.15, 0.2) is 71.0 Å². The molecule has 0 aromatic heterocycles. The number of hydrogen-bond acceptors (Lipinski definition) is 5. The molecule has 1 aliphatic carbocycles. The van der Waals surface area contributed by atoms with Crippen molar-refractivity contribution in [1.29, 1.82) is 5.26 Å². The van der Waals surface area contributed by atoms with Crippen LogP contribution in [-0.4, -0.2) is 49.1 Å². The van der Waals surface area contributed by atoms with E-state index in [4.69, 9.17) is 4.74 Å². The van der Waals surface area contributed by atoms with Crippen molar-refractivity contribution < 1.29 is 4.74 Å². The first-order valence-electron chi connectivity index (χ1n) is 13.8. The van der Waals surface area contributed by atoms with Crippen molar-refractivity contribution in [3.05, 3.63) is 82.0 Å². The summed E-state index contributed by atoms with van der Waals surface area (Å²) in [7, 11) is 0. The first-order valence-corrected chi connectivity index (χ1v) is 13.8. The minimum Gasteiger partial charge on any atom is -0.382 e. The van der Waals surface area contributed by atoms with E-state index in [1.807, 2.05) is 32.1 Å². The quantitative estimate of drug-likeness (QED) is 0.495. The summed E-state index contributed by atoms with van der Waals surface area (Å²) in [6, 6.07) is 7.51. The van der Waals surface area contributed by atoms with Gasteiger partial charge in [0.05, 0.1) is 25.4 Å².